The van der Waals surface area contributed by atoms with Gasteiger partial charge in [0.25, 0.3) is 0 Å². The first kappa shape index (κ1) is 22.6. The zero-order valence-corrected chi connectivity index (χ0v) is 20.5. The van der Waals surface area contributed by atoms with Crippen LogP contribution in [0.3, 0.4) is 0 Å². The number of carboxylic acids is 1. The van der Waals surface area contributed by atoms with Gasteiger partial charge in [-0.25, -0.2) is 0 Å². The Morgan fingerprint density at radius 1 is 1.32 bits per heavy atom. The predicted octanol–water partition coefficient (Wildman–Crippen LogP) is 3.07. The average Bonchev–Trinajstić information content (AvgIpc) is 3.57. The van der Waals surface area contributed by atoms with Gasteiger partial charge in [0.2, 0.25) is 0 Å². The number of hydrogen-bond donors (Lipinski definition) is 3. The minimum atomic E-state index is -0.810. The number of aliphatic carboxylic acids is 1. The monoisotopic (exact) mass is 470 g/mol. The summed E-state index contributed by atoms with van der Waals surface area (Å²) in [7, 11) is 1.85. The molecule has 2 unspecified atom stereocenters. The smallest absolute Gasteiger partial charge is 0.320 e. The Morgan fingerprint density at radius 2 is 2.12 bits per heavy atom. The van der Waals surface area contributed by atoms with E-state index in [-0.39, 0.29) is 35.3 Å². The lowest BCUT2D eigenvalue weighted by Crippen LogP contribution is -2.79. The van der Waals surface area contributed by atoms with Gasteiger partial charge in [-0.15, -0.1) is 0 Å². The molecule has 186 valence electrons. The van der Waals surface area contributed by atoms with Crippen molar-refractivity contribution in [2.45, 2.75) is 94.0 Å². The lowest BCUT2D eigenvalue weighted by Gasteiger charge is -2.66. The third-order valence-electron chi connectivity index (χ3n) is 9.96. The highest BCUT2D eigenvalue weighted by Crippen LogP contribution is 2.66. The van der Waals surface area contributed by atoms with Crippen LogP contribution in [0.25, 0.3) is 0 Å². The van der Waals surface area contributed by atoms with E-state index in [0.29, 0.717) is 5.75 Å². The molecular weight excluding hydrogens is 432 g/mol. The van der Waals surface area contributed by atoms with Crippen molar-refractivity contribution in [3.05, 3.63) is 23.3 Å². The fraction of sp³-hybridized carbons (Fsp3) is 0.741. The van der Waals surface area contributed by atoms with E-state index in [1.165, 1.54) is 18.4 Å². The summed E-state index contributed by atoms with van der Waals surface area (Å²) in [6, 6.07) is 3.37. The number of nitrogens with zero attached hydrogens (tertiary/aromatic N) is 1. The Morgan fingerprint density at radius 3 is 2.79 bits per heavy atom. The van der Waals surface area contributed by atoms with Gasteiger partial charge in [-0.3, -0.25) is 15.0 Å². The van der Waals surface area contributed by atoms with Crippen LogP contribution in [0.5, 0.6) is 11.5 Å². The molecule has 2 heterocycles. The number of phenols is 1. The fourth-order valence-electron chi connectivity index (χ4n) is 7.99. The number of likely N-dealkylation sites (tertiary alicyclic amines) is 1. The van der Waals surface area contributed by atoms with Crippen LogP contribution in [0.4, 0.5) is 0 Å². The Bertz CT molecular complexity index is 995. The lowest BCUT2D eigenvalue weighted by atomic mass is 9.48. The Labute approximate surface area is 201 Å². The summed E-state index contributed by atoms with van der Waals surface area (Å²) in [5, 5.41) is 24.3. The molecule has 5 aliphatic rings. The highest BCUT2D eigenvalue weighted by Gasteiger charge is 2.74. The summed E-state index contributed by atoms with van der Waals surface area (Å²) in [5.41, 5.74) is 1.60. The van der Waals surface area contributed by atoms with Gasteiger partial charge >= 0.3 is 5.97 Å². The van der Waals surface area contributed by atoms with Crippen molar-refractivity contribution in [2.24, 2.45) is 11.8 Å². The molecule has 0 aromatic heterocycles. The number of ether oxygens (including phenoxy) is 2. The van der Waals surface area contributed by atoms with Crippen LogP contribution in [0.2, 0.25) is 0 Å². The van der Waals surface area contributed by atoms with Crippen LogP contribution in [0, 0.1) is 11.8 Å². The predicted molar refractivity (Wildman–Crippen MR) is 127 cm³/mol. The van der Waals surface area contributed by atoms with Crippen molar-refractivity contribution in [3.63, 3.8) is 0 Å². The van der Waals surface area contributed by atoms with Crippen molar-refractivity contribution >= 4 is 5.97 Å². The average molecular weight is 471 g/mol. The maximum Gasteiger partial charge on any atom is 0.320 e. The first-order chi connectivity index (χ1) is 16.4. The number of benzene rings is 1. The molecule has 1 spiro atoms. The highest BCUT2D eigenvalue weighted by molar-refractivity contribution is 5.74. The van der Waals surface area contributed by atoms with Crippen molar-refractivity contribution < 1.29 is 24.5 Å². The number of methoxy groups -OCH3 is 1. The van der Waals surface area contributed by atoms with Crippen molar-refractivity contribution in [1.29, 1.82) is 0 Å². The first-order valence-corrected chi connectivity index (χ1v) is 13.2. The fourth-order valence-corrected chi connectivity index (χ4v) is 7.99. The van der Waals surface area contributed by atoms with Gasteiger partial charge in [0.15, 0.2) is 11.5 Å². The molecule has 7 nitrogen and oxygen atoms in total. The van der Waals surface area contributed by atoms with E-state index in [1.807, 2.05) is 21.0 Å². The third kappa shape index (κ3) is 2.89. The van der Waals surface area contributed by atoms with Gasteiger partial charge in [0.05, 0.1) is 11.0 Å². The maximum absolute atomic E-state index is 12.2. The van der Waals surface area contributed by atoms with Gasteiger partial charge in [-0.05, 0) is 68.5 Å². The van der Waals surface area contributed by atoms with E-state index in [1.54, 1.807) is 6.07 Å². The van der Waals surface area contributed by atoms with Crippen LogP contribution in [-0.4, -0.2) is 71.1 Å². The molecule has 6 rings (SSSR count). The number of phenolic OH excluding ortho intramolecular Hbond substituents is 1. The van der Waals surface area contributed by atoms with Gasteiger partial charge in [0.1, 0.15) is 12.1 Å². The SMILES string of the molecule is CC[C@H](C)[C@H](NC1CC[C@@]2(OC)[C@H]3Cc4ccc(O)c5c4[C@@]2(CCN3CC2CC2)C1O5)C(=O)O. The van der Waals surface area contributed by atoms with Gasteiger partial charge in [-0.1, -0.05) is 26.3 Å². The molecule has 1 aromatic carbocycles. The molecular formula is C27H38N2O5. The minimum Gasteiger partial charge on any atom is -0.504 e. The molecule has 1 aromatic rings. The number of carbonyl (C=O) groups is 1. The van der Waals surface area contributed by atoms with E-state index in [0.717, 1.165) is 56.7 Å². The van der Waals surface area contributed by atoms with Crippen LogP contribution in [-0.2, 0) is 21.4 Å². The number of rotatable bonds is 8. The van der Waals surface area contributed by atoms with E-state index >= 15 is 0 Å². The number of piperidine rings is 1. The van der Waals surface area contributed by atoms with Crippen molar-refractivity contribution in [3.8, 4) is 11.5 Å². The van der Waals surface area contributed by atoms with Crippen LogP contribution >= 0.6 is 0 Å². The van der Waals surface area contributed by atoms with Gasteiger partial charge in [0, 0.05) is 31.3 Å². The molecule has 7 heteroatoms. The molecule has 3 aliphatic carbocycles. The zero-order valence-electron chi connectivity index (χ0n) is 20.5. The standard InChI is InChI=1S/C27H38N2O5/c1-4-15(2)22(25(31)32)28-18-9-10-27(33-3)20-13-17-7-8-19(30)23-21(17)26(27,24(18)34-23)11-12-29(20)14-16-5-6-16/h7-8,15-16,18,20,22,24,28,30H,4-6,9-14H2,1-3H3,(H,31,32)/t15-,18?,20+,22-,24?,26-,27+/m0/s1. The Kier molecular flexibility index (Phi) is 5.21. The van der Waals surface area contributed by atoms with E-state index in [4.69, 9.17) is 9.47 Å². The molecule has 0 radical (unpaired) electrons. The van der Waals surface area contributed by atoms with Crippen LogP contribution < -0.4 is 10.1 Å². The summed E-state index contributed by atoms with van der Waals surface area (Å²) in [6.45, 7) is 6.15. The van der Waals surface area contributed by atoms with Gasteiger partial charge < -0.3 is 19.7 Å². The van der Waals surface area contributed by atoms with E-state index in [2.05, 4.69) is 16.3 Å². The molecule has 2 aliphatic heterocycles. The summed E-state index contributed by atoms with van der Waals surface area (Å²) < 4.78 is 13.3. The second-order valence-corrected chi connectivity index (χ2v) is 11.5. The largest absolute Gasteiger partial charge is 0.504 e. The van der Waals surface area contributed by atoms with E-state index < -0.39 is 17.6 Å². The number of aromatic hydroxyl groups is 1. The number of nitrogens with one attached hydrogen (secondary N) is 1. The third-order valence-corrected chi connectivity index (χ3v) is 9.96. The molecule has 0 amide bonds. The second-order valence-electron chi connectivity index (χ2n) is 11.5. The van der Waals surface area contributed by atoms with Crippen LogP contribution in [0.1, 0.15) is 63.5 Å². The molecule has 3 N–H and O–H groups in total. The summed E-state index contributed by atoms with van der Waals surface area (Å²) in [6.07, 6.45) is 6.63. The van der Waals surface area contributed by atoms with Crippen molar-refractivity contribution in [2.75, 3.05) is 20.2 Å². The molecule has 34 heavy (non-hydrogen) atoms. The van der Waals surface area contributed by atoms with Gasteiger partial charge in [-0.2, -0.15) is 0 Å². The van der Waals surface area contributed by atoms with E-state index in [9.17, 15) is 15.0 Å². The first-order valence-electron chi connectivity index (χ1n) is 13.2. The zero-order chi connectivity index (χ0) is 23.8. The molecule has 2 bridgehead atoms. The maximum atomic E-state index is 12.2. The summed E-state index contributed by atoms with van der Waals surface area (Å²) in [5.74, 6) is 0.788. The second kappa shape index (κ2) is 7.84. The van der Waals surface area contributed by atoms with Crippen LogP contribution in [0.15, 0.2) is 12.1 Å². The molecule has 1 saturated heterocycles. The highest BCUT2D eigenvalue weighted by atomic mass is 16.5. The summed E-state index contributed by atoms with van der Waals surface area (Å²) in [4.78, 5) is 14.8. The lowest BCUT2D eigenvalue weighted by molar-refractivity contribution is -0.208. The number of carboxylic acid groups (broad SMARTS) is 1. The summed E-state index contributed by atoms with van der Waals surface area (Å²) >= 11 is 0. The number of hydrogen-bond acceptors (Lipinski definition) is 6. The molecule has 7 atom stereocenters. The Hall–Kier alpha value is -1.83. The molecule has 2 saturated carbocycles. The topological polar surface area (TPSA) is 91.3 Å². The van der Waals surface area contributed by atoms with Crippen molar-refractivity contribution in [1.82, 2.24) is 10.2 Å². The minimum absolute atomic E-state index is 0.0105. The quantitative estimate of drug-likeness (QED) is 0.538. The Balaban J connectivity index is 1.45. The molecule has 3 fully saturated rings. The normalized spacial score (nSPS) is 37.6.